The van der Waals surface area contributed by atoms with Crippen LogP contribution in [0.15, 0.2) is 23.4 Å². The molecule has 1 fully saturated rings. The van der Waals surface area contributed by atoms with E-state index in [-0.39, 0.29) is 11.9 Å². The number of aromatic nitrogens is 3. The quantitative estimate of drug-likeness (QED) is 0.701. The maximum Gasteiger partial charge on any atom is 0.230 e. The van der Waals surface area contributed by atoms with Crippen LogP contribution in [0.4, 0.5) is 0 Å². The molecule has 0 bridgehead atoms. The summed E-state index contributed by atoms with van der Waals surface area (Å²) in [5.74, 6) is 2.70. The normalized spacial score (nSPS) is 22.4. The van der Waals surface area contributed by atoms with Gasteiger partial charge in [-0.1, -0.05) is 50.1 Å². The van der Waals surface area contributed by atoms with Crippen LogP contribution in [0.3, 0.4) is 0 Å². The van der Waals surface area contributed by atoms with E-state index in [1.165, 1.54) is 24.6 Å². The summed E-state index contributed by atoms with van der Waals surface area (Å²) in [6.07, 6.45) is 3.48. The summed E-state index contributed by atoms with van der Waals surface area (Å²) in [6.45, 7) is 4.48. The highest BCUT2D eigenvalue weighted by Gasteiger charge is 2.28. The number of aromatic amines is 1. The Morgan fingerprint density at radius 3 is 3.00 bits per heavy atom. The summed E-state index contributed by atoms with van der Waals surface area (Å²) in [6, 6.07) is 5.58. The standard InChI is InChI=1S/C19H25ClN4O2S/c1-11-5-4-6-15(12(11)2)21-17(25)10-27-19-22-18(23-24-19)14-9-13(20)7-8-16(14)26-3/h7-9,11-12,15H,4-6,10H2,1-3H3,(H,21,25)(H,22,23,24)/t11-,12+,15-/m1/s1. The number of carbonyl (C=O) groups excluding carboxylic acids is 1. The van der Waals surface area contributed by atoms with Crippen LogP contribution in [0.5, 0.6) is 5.75 Å². The Morgan fingerprint density at radius 1 is 1.41 bits per heavy atom. The summed E-state index contributed by atoms with van der Waals surface area (Å²) in [4.78, 5) is 16.8. The second-order valence-corrected chi connectivity index (χ2v) is 8.42. The number of nitrogens with zero attached hydrogens (tertiary/aromatic N) is 2. The van der Waals surface area contributed by atoms with Gasteiger partial charge in [-0.3, -0.25) is 9.89 Å². The fourth-order valence-electron chi connectivity index (χ4n) is 3.46. The maximum atomic E-state index is 12.3. The first-order chi connectivity index (χ1) is 13.0. The number of amides is 1. The van der Waals surface area contributed by atoms with Gasteiger partial charge in [-0.25, -0.2) is 4.98 Å². The Hall–Kier alpha value is -1.73. The monoisotopic (exact) mass is 408 g/mol. The number of methoxy groups -OCH3 is 1. The van der Waals surface area contributed by atoms with Crippen LogP contribution in [-0.2, 0) is 4.79 Å². The van der Waals surface area contributed by atoms with E-state index in [0.29, 0.717) is 39.3 Å². The fourth-order valence-corrected chi connectivity index (χ4v) is 4.24. The van der Waals surface area contributed by atoms with Crippen molar-refractivity contribution in [3.05, 3.63) is 23.2 Å². The van der Waals surface area contributed by atoms with Gasteiger partial charge in [0.1, 0.15) is 5.75 Å². The van der Waals surface area contributed by atoms with Crippen molar-refractivity contribution in [1.82, 2.24) is 20.5 Å². The average Bonchev–Trinajstić information content (AvgIpc) is 3.13. The minimum absolute atomic E-state index is 0.0256. The molecule has 1 heterocycles. The lowest BCUT2D eigenvalue weighted by Gasteiger charge is -2.34. The molecule has 0 unspecified atom stereocenters. The van der Waals surface area contributed by atoms with Gasteiger partial charge in [-0.15, -0.1) is 5.10 Å². The topological polar surface area (TPSA) is 79.9 Å². The Kier molecular flexibility index (Phi) is 6.65. The first-order valence-electron chi connectivity index (χ1n) is 9.16. The SMILES string of the molecule is COc1ccc(Cl)cc1-c1nc(SCC(=O)N[C@@H]2CCC[C@@H](C)[C@@H]2C)n[nH]1. The molecule has 3 atom stereocenters. The van der Waals surface area contributed by atoms with Crippen molar-refractivity contribution in [2.24, 2.45) is 11.8 Å². The fraction of sp³-hybridized carbons (Fsp3) is 0.526. The zero-order valence-corrected chi connectivity index (χ0v) is 17.4. The number of carbonyl (C=O) groups is 1. The average molecular weight is 409 g/mol. The van der Waals surface area contributed by atoms with E-state index >= 15 is 0 Å². The van der Waals surface area contributed by atoms with E-state index in [4.69, 9.17) is 16.3 Å². The summed E-state index contributed by atoms with van der Waals surface area (Å²) in [5.41, 5.74) is 0.735. The Balaban J connectivity index is 1.58. The summed E-state index contributed by atoms with van der Waals surface area (Å²) in [5, 5.41) is 11.4. The van der Waals surface area contributed by atoms with Crippen LogP contribution in [-0.4, -0.2) is 40.0 Å². The van der Waals surface area contributed by atoms with Gasteiger partial charge < -0.3 is 10.1 Å². The number of H-pyrrole nitrogens is 1. The number of hydrogen-bond donors (Lipinski definition) is 2. The van der Waals surface area contributed by atoms with Gasteiger partial charge in [0.25, 0.3) is 0 Å². The van der Waals surface area contributed by atoms with E-state index in [2.05, 4.69) is 34.3 Å². The Morgan fingerprint density at radius 2 is 2.22 bits per heavy atom. The minimum atomic E-state index is 0.0256. The van der Waals surface area contributed by atoms with Crippen LogP contribution < -0.4 is 10.1 Å². The number of nitrogens with one attached hydrogen (secondary N) is 2. The van der Waals surface area contributed by atoms with Crippen LogP contribution >= 0.6 is 23.4 Å². The minimum Gasteiger partial charge on any atom is -0.496 e. The molecule has 0 spiro atoms. The highest BCUT2D eigenvalue weighted by atomic mass is 35.5. The van der Waals surface area contributed by atoms with Crippen LogP contribution in [0, 0.1) is 11.8 Å². The van der Waals surface area contributed by atoms with E-state index in [1.807, 2.05) is 0 Å². The molecule has 1 amide bonds. The number of hydrogen-bond acceptors (Lipinski definition) is 5. The predicted octanol–water partition coefficient (Wildman–Crippen LogP) is 4.17. The van der Waals surface area contributed by atoms with Gasteiger partial charge in [-0.2, -0.15) is 0 Å². The summed E-state index contributed by atoms with van der Waals surface area (Å²) < 4.78 is 5.35. The number of thioether (sulfide) groups is 1. The number of halogens is 1. The molecule has 27 heavy (non-hydrogen) atoms. The van der Waals surface area contributed by atoms with E-state index in [1.54, 1.807) is 25.3 Å². The lowest BCUT2D eigenvalue weighted by molar-refractivity contribution is -0.120. The third kappa shape index (κ3) is 4.96. The molecule has 2 aromatic rings. The van der Waals surface area contributed by atoms with E-state index in [9.17, 15) is 4.79 Å². The molecular formula is C19H25ClN4O2S. The largest absolute Gasteiger partial charge is 0.496 e. The van der Waals surface area contributed by atoms with E-state index < -0.39 is 0 Å². The third-order valence-corrected chi connectivity index (χ3v) is 6.35. The van der Waals surface area contributed by atoms with Crippen molar-refractivity contribution in [2.75, 3.05) is 12.9 Å². The predicted molar refractivity (Wildman–Crippen MR) is 108 cm³/mol. The van der Waals surface area contributed by atoms with Gasteiger partial charge in [-0.05, 0) is 36.5 Å². The molecule has 0 radical (unpaired) electrons. The zero-order valence-electron chi connectivity index (χ0n) is 15.8. The molecule has 146 valence electrons. The molecule has 1 aliphatic rings. The molecule has 1 aromatic heterocycles. The van der Waals surface area contributed by atoms with Crippen molar-refractivity contribution in [2.45, 2.75) is 44.3 Å². The van der Waals surface area contributed by atoms with Gasteiger partial charge in [0.15, 0.2) is 5.82 Å². The highest BCUT2D eigenvalue weighted by molar-refractivity contribution is 7.99. The molecule has 1 aromatic carbocycles. The van der Waals surface area contributed by atoms with Crippen LogP contribution in [0.2, 0.25) is 5.02 Å². The zero-order chi connectivity index (χ0) is 19.4. The Bertz CT molecular complexity index is 798. The number of rotatable bonds is 6. The van der Waals surface area contributed by atoms with Crippen molar-refractivity contribution in [1.29, 1.82) is 0 Å². The van der Waals surface area contributed by atoms with Crippen molar-refractivity contribution in [3.63, 3.8) is 0 Å². The number of benzene rings is 1. The number of ether oxygens (including phenoxy) is 1. The second kappa shape index (κ2) is 8.97. The molecule has 0 saturated heterocycles. The lowest BCUT2D eigenvalue weighted by Crippen LogP contribution is -2.44. The highest BCUT2D eigenvalue weighted by Crippen LogP contribution is 2.31. The maximum absolute atomic E-state index is 12.3. The van der Waals surface area contributed by atoms with Crippen LogP contribution in [0.1, 0.15) is 33.1 Å². The molecule has 1 aliphatic carbocycles. The third-order valence-electron chi connectivity index (χ3n) is 5.27. The van der Waals surface area contributed by atoms with Crippen molar-refractivity contribution >= 4 is 29.3 Å². The second-order valence-electron chi connectivity index (χ2n) is 7.04. The van der Waals surface area contributed by atoms with Gasteiger partial charge >= 0.3 is 0 Å². The smallest absolute Gasteiger partial charge is 0.230 e. The molecule has 8 heteroatoms. The molecule has 3 rings (SSSR count). The van der Waals surface area contributed by atoms with Gasteiger partial charge in [0.05, 0.1) is 18.4 Å². The molecule has 1 saturated carbocycles. The molecule has 0 aliphatic heterocycles. The van der Waals surface area contributed by atoms with Crippen LogP contribution in [0.25, 0.3) is 11.4 Å². The van der Waals surface area contributed by atoms with Gasteiger partial charge in [0.2, 0.25) is 11.1 Å². The summed E-state index contributed by atoms with van der Waals surface area (Å²) >= 11 is 7.38. The first-order valence-corrected chi connectivity index (χ1v) is 10.5. The van der Waals surface area contributed by atoms with Crippen molar-refractivity contribution in [3.8, 4) is 17.1 Å². The first kappa shape index (κ1) is 20.0. The Labute approximate surface area is 168 Å². The van der Waals surface area contributed by atoms with E-state index in [0.717, 1.165) is 12.0 Å². The summed E-state index contributed by atoms with van der Waals surface area (Å²) in [7, 11) is 1.59. The van der Waals surface area contributed by atoms with Crippen molar-refractivity contribution < 1.29 is 9.53 Å². The molecule has 6 nitrogen and oxygen atoms in total. The lowest BCUT2D eigenvalue weighted by atomic mass is 9.78. The molecule has 2 N–H and O–H groups in total. The molecular weight excluding hydrogens is 384 g/mol. The van der Waals surface area contributed by atoms with Gasteiger partial charge in [0, 0.05) is 11.1 Å².